The number of carbonyl (C=O) groups excluding carboxylic acids is 2. The molecule has 3 N–H and O–H groups in total. The van der Waals surface area contributed by atoms with Crippen LogP contribution in [0.25, 0.3) is 0 Å². The molecule has 2 heterocycles. The minimum atomic E-state index is -0.789. The zero-order chi connectivity index (χ0) is 23.5. The number of halogens is 1. The van der Waals surface area contributed by atoms with Gasteiger partial charge in [-0.3, -0.25) is 4.79 Å². The zero-order valence-electron chi connectivity index (χ0n) is 18.6. The summed E-state index contributed by atoms with van der Waals surface area (Å²) in [6, 6.07) is 11.7. The van der Waals surface area contributed by atoms with Gasteiger partial charge in [0.25, 0.3) is 5.91 Å². The molecular weight excluding hydrogens is 444 g/mol. The lowest BCUT2D eigenvalue weighted by Crippen LogP contribution is -2.48. The number of likely N-dealkylation sites (tertiary alicyclic amines) is 1. The standard InChI is InChI=1S/C25H29ClN2O5/c1-15-13-20(29)18(14-19(15)26)22(27)16-7-10-28(11-8-16)24(30)23-21(9-12-32-23)33-25(31)17-5-3-2-4-6-17/h2-6,13-14,16,21-23,29H,7-12,27H2,1H3/t21-,22?,23+/m0/s1. The molecule has 7 nitrogen and oxygen atoms in total. The third-order valence-corrected chi connectivity index (χ3v) is 6.98. The topological polar surface area (TPSA) is 102 Å². The van der Waals surface area contributed by atoms with Crippen molar-refractivity contribution in [3.63, 3.8) is 0 Å². The Kier molecular flexibility index (Phi) is 7.22. The molecule has 0 radical (unpaired) electrons. The van der Waals surface area contributed by atoms with Crippen LogP contribution in [0.5, 0.6) is 5.75 Å². The fourth-order valence-corrected chi connectivity index (χ4v) is 4.73. The molecule has 176 valence electrons. The van der Waals surface area contributed by atoms with Gasteiger partial charge in [-0.05, 0) is 55.5 Å². The molecule has 3 atom stereocenters. The number of aryl methyl sites for hydroxylation is 1. The summed E-state index contributed by atoms with van der Waals surface area (Å²) in [6.07, 6.45) is 0.488. The van der Waals surface area contributed by atoms with Gasteiger partial charge < -0.3 is 25.2 Å². The predicted molar refractivity (Wildman–Crippen MR) is 124 cm³/mol. The van der Waals surface area contributed by atoms with Crippen molar-refractivity contribution < 1.29 is 24.2 Å². The molecule has 1 amide bonds. The Morgan fingerprint density at radius 3 is 2.58 bits per heavy atom. The molecule has 0 saturated carbocycles. The Hall–Kier alpha value is -2.61. The minimum Gasteiger partial charge on any atom is -0.508 e. The number of nitrogens with two attached hydrogens (primary N) is 1. The summed E-state index contributed by atoms with van der Waals surface area (Å²) in [5, 5.41) is 10.9. The highest BCUT2D eigenvalue weighted by atomic mass is 35.5. The summed E-state index contributed by atoms with van der Waals surface area (Å²) in [4.78, 5) is 27.3. The Morgan fingerprint density at radius 2 is 1.88 bits per heavy atom. The first-order valence-corrected chi connectivity index (χ1v) is 11.6. The van der Waals surface area contributed by atoms with E-state index in [1.807, 2.05) is 13.0 Å². The second kappa shape index (κ2) is 10.1. The van der Waals surface area contributed by atoms with Crippen LogP contribution in [0, 0.1) is 12.8 Å². The van der Waals surface area contributed by atoms with E-state index in [1.165, 1.54) is 0 Å². The van der Waals surface area contributed by atoms with Crippen molar-refractivity contribution in [2.24, 2.45) is 11.7 Å². The lowest BCUT2D eigenvalue weighted by molar-refractivity contribution is -0.146. The van der Waals surface area contributed by atoms with Gasteiger partial charge in [0.15, 0.2) is 6.10 Å². The summed E-state index contributed by atoms with van der Waals surface area (Å²) in [5.41, 5.74) is 8.33. The van der Waals surface area contributed by atoms with Gasteiger partial charge in [-0.15, -0.1) is 0 Å². The van der Waals surface area contributed by atoms with Gasteiger partial charge in [0.05, 0.1) is 12.2 Å². The van der Waals surface area contributed by atoms with Gasteiger partial charge in [0.2, 0.25) is 0 Å². The molecule has 2 fully saturated rings. The maximum atomic E-state index is 13.1. The molecule has 1 unspecified atom stereocenters. The predicted octanol–water partition coefficient (Wildman–Crippen LogP) is 3.61. The van der Waals surface area contributed by atoms with Crippen molar-refractivity contribution in [2.75, 3.05) is 19.7 Å². The lowest BCUT2D eigenvalue weighted by Gasteiger charge is -2.36. The highest BCUT2D eigenvalue weighted by molar-refractivity contribution is 6.31. The molecule has 33 heavy (non-hydrogen) atoms. The van der Waals surface area contributed by atoms with Crippen molar-refractivity contribution in [1.82, 2.24) is 4.90 Å². The highest BCUT2D eigenvalue weighted by Gasteiger charge is 2.41. The van der Waals surface area contributed by atoms with E-state index in [9.17, 15) is 14.7 Å². The second-order valence-corrected chi connectivity index (χ2v) is 9.15. The number of phenols is 1. The summed E-state index contributed by atoms with van der Waals surface area (Å²) in [5.74, 6) is -0.364. The van der Waals surface area contributed by atoms with Crippen LogP contribution < -0.4 is 5.73 Å². The number of aromatic hydroxyl groups is 1. The Balaban J connectivity index is 1.35. The van der Waals surface area contributed by atoms with E-state index in [-0.39, 0.29) is 23.6 Å². The number of carbonyl (C=O) groups is 2. The Labute approximate surface area is 198 Å². The lowest BCUT2D eigenvalue weighted by atomic mass is 9.85. The third kappa shape index (κ3) is 5.16. The number of nitrogens with zero attached hydrogens (tertiary/aromatic N) is 1. The number of phenolic OH excluding ortho intramolecular Hbond substituents is 1. The van der Waals surface area contributed by atoms with E-state index < -0.39 is 18.2 Å². The Morgan fingerprint density at radius 1 is 1.18 bits per heavy atom. The van der Waals surface area contributed by atoms with Gasteiger partial charge in [0, 0.05) is 36.1 Å². The molecule has 0 aromatic heterocycles. The Bertz CT molecular complexity index is 1010. The first kappa shape index (κ1) is 23.5. The molecule has 2 aromatic carbocycles. The van der Waals surface area contributed by atoms with Crippen molar-refractivity contribution >= 4 is 23.5 Å². The van der Waals surface area contributed by atoms with Gasteiger partial charge in [-0.2, -0.15) is 0 Å². The van der Waals surface area contributed by atoms with E-state index in [4.69, 9.17) is 26.8 Å². The average Bonchev–Trinajstić information content (AvgIpc) is 3.29. The summed E-state index contributed by atoms with van der Waals surface area (Å²) >= 11 is 6.23. The summed E-state index contributed by atoms with van der Waals surface area (Å²) in [7, 11) is 0. The van der Waals surface area contributed by atoms with E-state index in [0.717, 1.165) is 5.56 Å². The molecule has 0 aliphatic carbocycles. The van der Waals surface area contributed by atoms with E-state index >= 15 is 0 Å². The third-order valence-electron chi connectivity index (χ3n) is 6.57. The number of ether oxygens (including phenoxy) is 2. The number of esters is 1. The van der Waals surface area contributed by atoms with Crippen LogP contribution in [-0.2, 0) is 14.3 Å². The molecule has 2 saturated heterocycles. The largest absolute Gasteiger partial charge is 0.508 e. The number of amides is 1. The van der Waals surface area contributed by atoms with Crippen LogP contribution in [0.3, 0.4) is 0 Å². The quantitative estimate of drug-likeness (QED) is 0.644. The van der Waals surface area contributed by atoms with E-state index in [1.54, 1.807) is 41.3 Å². The van der Waals surface area contributed by atoms with Crippen LogP contribution in [0.15, 0.2) is 42.5 Å². The number of piperidine rings is 1. The van der Waals surface area contributed by atoms with Gasteiger partial charge >= 0.3 is 5.97 Å². The van der Waals surface area contributed by atoms with Crippen LogP contribution >= 0.6 is 11.6 Å². The van der Waals surface area contributed by atoms with Crippen molar-refractivity contribution in [3.8, 4) is 5.75 Å². The highest BCUT2D eigenvalue weighted by Crippen LogP contribution is 2.36. The van der Waals surface area contributed by atoms with Crippen molar-refractivity contribution in [3.05, 3.63) is 64.2 Å². The van der Waals surface area contributed by atoms with Crippen molar-refractivity contribution in [2.45, 2.75) is 44.4 Å². The van der Waals surface area contributed by atoms with Crippen LogP contribution in [-0.4, -0.2) is 53.8 Å². The molecular formula is C25H29ClN2O5. The average molecular weight is 473 g/mol. The fraction of sp³-hybridized carbons (Fsp3) is 0.440. The second-order valence-electron chi connectivity index (χ2n) is 8.74. The van der Waals surface area contributed by atoms with Crippen LogP contribution in [0.2, 0.25) is 5.02 Å². The monoisotopic (exact) mass is 472 g/mol. The molecule has 4 rings (SSSR count). The minimum absolute atomic E-state index is 0.106. The molecule has 2 aliphatic heterocycles. The van der Waals surface area contributed by atoms with E-state index in [0.29, 0.717) is 55.1 Å². The first-order valence-electron chi connectivity index (χ1n) is 11.3. The maximum absolute atomic E-state index is 13.1. The number of rotatable bonds is 5. The van der Waals surface area contributed by atoms with Crippen LogP contribution in [0.4, 0.5) is 0 Å². The summed E-state index contributed by atoms with van der Waals surface area (Å²) in [6.45, 7) is 3.25. The normalized spacial score (nSPS) is 22.2. The molecule has 2 aliphatic rings. The van der Waals surface area contributed by atoms with Gasteiger partial charge in [0.1, 0.15) is 11.9 Å². The van der Waals surface area contributed by atoms with Gasteiger partial charge in [-0.1, -0.05) is 29.8 Å². The SMILES string of the molecule is Cc1cc(O)c(C(N)C2CCN(C(=O)[C@@H]3OCC[C@@H]3OC(=O)c3ccccc3)CC2)cc1Cl. The number of benzene rings is 2. The summed E-state index contributed by atoms with van der Waals surface area (Å²) < 4.78 is 11.3. The van der Waals surface area contributed by atoms with E-state index in [2.05, 4.69) is 0 Å². The maximum Gasteiger partial charge on any atom is 0.338 e. The molecule has 2 aromatic rings. The molecule has 0 spiro atoms. The first-order chi connectivity index (χ1) is 15.8. The zero-order valence-corrected chi connectivity index (χ0v) is 19.3. The van der Waals surface area contributed by atoms with Gasteiger partial charge in [-0.25, -0.2) is 4.79 Å². The van der Waals surface area contributed by atoms with Crippen LogP contribution in [0.1, 0.15) is 46.8 Å². The molecule has 0 bridgehead atoms. The fourth-order valence-electron chi connectivity index (χ4n) is 4.56. The number of hydrogen-bond acceptors (Lipinski definition) is 6. The van der Waals surface area contributed by atoms with Crippen molar-refractivity contribution in [1.29, 1.82) is 0 Å². The smallest absolute Gasteiger partial charge is 0.338 e. The molecule has 8 heteroatoms. The number of hydrogen-bond donors (Lipinski definition) is 2.